The normalized spacial score (nSPS) is 13.7. The predicted molar refractivity (Wildman–Crippen MR) is 78.5 cm³/mol. The van der Waals surface area contributed by atoms with Gasteiger partial charge in [0.15, 0.2) is 6.10 Å². The van der Waals surface area contributed by atoms with Gasteiger partial charge in [-0.3, -0.25) is 4.79 Å². The number of nitrogens with one attached hydrogen (secondary N) is 1. The number of carbonyl (C=O) groups excluding carboxylic acids is 1. The summed E-state index contributed by atoms with van der Waals surface area (Å²) in [6.45, 7) is 10.1. The maximum Gasteiger partial charge on any atom is 0.261 e. The topological polar surface area (TPSA) is 38.3 Å². The minimum absolute atomic E-state index is 0.0299. The van der Waals surface area contributed by atoms with Crippen LogP contribution in [0.5, 0.6) is 5.75 Å². The molecule has 1 aromatic carbocycles. The van der Waals surface area contributed by atoms with Gasteiger partial charge in [-0.2, -0.15) is 0 Å². The zero-order valence-electron chi connectivity index (χ0n) is 12.6. The molecule has 1 rings (SSSR count). The lowest BCUT2D eigenvalue weighted by atomic mass is 10.1. The lowest BCUT2D eigenvalue weighted by Crippen LogP contribution is -2.42. The molecule has 1 amide bonds. The third-order valence-corrected chi connectivity index (χ3v) is 3.49. The zero-order chi connectivity index (χ0) is 14.4. The molecule has 0 aliphatic rings. The van der Waals surface area contributed by atoms with Gasteiger partial charge in [0.25, 0.3) is 5.91 Å². The third kappa shape index (κ3) is 4.27. The Kier molecular flexibility index (Phi) is 5.87. The first kappa shape index (κ1) is 15.5. The van der Waals surface area contributed by atoms with Crippen molar-refractivity contribution >= 4 is 5.91 Å². The molecule has 0 spiro atoms. The van der Waals surface area contributed by atoms with E-state index in [9.17, 15) is 4.79 Å². The van der Waals surface area contributed by atoms with Gasteiger partial charge in [-0.25, -0.2) is 0 Å². The molecule has 106 valence electrons. The van der Waals surface area contributed by atoms with Crippen LogP contribution in [0.25, 0.3) is 0 Å². The first-order chi connectivity index (χ1) is 8.99. The number of hydrogen-bond donors (Lipinski definition) is 1. The van der Waals surface area contributed by atoms with Crippen LogP contribution in [-0.2, 0) is 4.79 Å². The highest BCUT2D eigenvalue weighted by Crippen LogP contribution is 2.22. The summed E-state index contributed by atoms with van der Waals surface area (Å²) >= 11 is 0. The summed E-state index contributed by atoms with van der Waals surface area (Å²) in [5.41, 5.74) is 2.27. The molecule has 0 saturated heterocycles. The fourth-order valence-corrected chi connectivity index (χ4v) is 1.77. The van der Waals surface area contributed by atoms with Crippen molar-refractivity contribution in [3.05, 3.63) is 29.3 Å². The van der Waals surface area contributed by atoms with Crippen molar-refractivity contribution in [2.75, 3.05) is 0 Å². The lowest BCUT2D eigenvalue weighted by Gasteiger charge is -2.21. The first-order valence-electron chi connectivity index (χ1n) is 7.02. The van der Waals surface area contributed by atoms with E-state index in [-0.39, 0.29) is 11.9 Å². The molecule has 0 heterocycles. The molecule has 0 bridgehead atoms. The molecule has 1 aromatic rings. The number of aryl methyl sites for hydroxylation is 1. The maximum absolute atomic E-state index is 12.1. The van der Waals surface area contributed by atoms with Gasteiger partial charge in [0.05, 0.1) is 0 Å². The van der Waals surface area contributed by atoms with Gasteiger partial charge in [-0.05, 0) is 50.8 Å². The molecule has 1 N–H and O–H groups in total. The Morgan fingerprint density at radius 2 is 1.95 bits per heavy atom. The molecule has 0 aliphatic carbocycles. The Balaban J connectivity index is 2.76. The maximum atomic E-state index is 12.1. The lowest BCUT2D eigenvalue weighted by molar-refractivity contribution is -0.128. The highest BCUT2D eigenvalue weighted by atomic mass is 16.5. The number of rotatable bonds is 6. The van der Waals surface area contributed by atoms with E-state index in [0.717, 1.165) is 17.7 Å². The molecule has 0 radical (unpaired) electrons. The summed E-state index contributed by atoms with van der Waals surface area (Å²) in [5.74, 6) is 0.768. The number of ether oxygens (including phenoxy) is 1. The highest BCUT2D eigenvalue weighted by Gasteiger charge is 2.20. The van der Waals surface area contributed by atoms with E-state index >= 15 is 0 Å². The van der Waals surface area contributed by atoms with Crippen molar-refractivity contribution in [1.82, 2.24) is 5.32 Å². The van der Waals surface area contributed by atoms with Crippen LogP contribution in [0.15, 0.2) is 18.2 Å². The predicted octanol–water partition coefficient (Wildman–Crippen LogP) is 3.38. The molecule has 0 fully saturated rings. The van der Waals surface area contributed by atoms with Gasteiger partial charge in [0.1, 0.15) is 5.75 Å². The van der Waals surface area contributed by atoms with Gasteiger partial charge in [-0.15, -0.1) is 0 Å². The molecular weight excluding hydrogens is 238 g/mol. The third-order valence-electron chi connectivity index (χ3n) is 3.49. The summed E-state index contributed by atoms with van der Waals surface area (Å²) in [7, 11) is 0. The van der Waals surface area contributed by atoms with Crippen molar-refractivity contribution in [3.8, 4) is 5.75 Å². The molecule has 3 nitrogen and oxygen atoms in total. The second-order valence-corrected chi connectivity index (χ2v) is 5.03. The smallest absolute Gasteiger partial charge is 0.261 e. The van der Waals surface area contributed by atoms with Crippen molar-refractivity contribution in [2.24, 2.45) is 0 Å². The summed E-state index contributed by atoms with van der Waals surface area (Å²) in [4.78, 5) is 12.1. The molecular formula is C16H25NO2. The van der Waals surface area contributed by atoms with Crippen molar-refractivity contribution in [3.63, 3.8) is 0 Å². The minimum atomic E-state index is -0.422. The zero-order valence-corrected chi connectivity index (χ0v) is 12.6. The summed E-state index contributed by atoms with van der Waals surface area (Å²) in [5, 5.41) is 2.97. The van der Waals surface area contributed by atoms with Gasteiger partial charge >= 0.3 is 0 Å². The van der Waals surface area contributed by atoms with Crippen molar-refractivity contribution < 1.29 is 9.53 Å². The van der Waals surface area contributed by atoms with E-state index in [1.807, 2.05) is 45.9 Å². The van der Waals surface area contributed by atoms with Crippen molar-refractivity contribution in [2.45, 2.75) is 59.6 Å². The molecule has 2 unspecified atom stereocenters. The van der Waals surface area contributed by atoms with Crippen LogP contribution < -0.4 is 10.1 Å². The minimum Gasteiger partial charge on any atom is -0.480 e. The van der Waals surface area contributed by atoms with Gasteiger partial charge < -0.3 is 10.1 Å². The number of hydrogen-bond acceptors (Lipinski definition) is 2. The van der Waals surface area contributed by atoms with E-state index in [2.05, 4.69) is 12.2 Å². The van der Waals surface area contributed by atoms with Crippen molar-refractivity contribution in [1.29, 1.82) is 0 Å². The SMILES string of the molecule is CCC(C)NC(=O)C(CC)Oc1cccc(C)c1C. The summed E-state index contributed by atoms with van der Waals surface area (Å²) in [6, 6.07) is 6.10. The quantitative estimate of drug-likeness (QED) is 0.854. The van der Waals surface area contributed by atoms with E-state index in [1.54, 1.807) is 0 Å². The first-order valence-corrected chi connectivity index (χ1v) is 7.02. The Labute approximate surface area is 116 Å². The molecule has 0 saturated carbocycles. The molecule has 0 aliphatic heterocycles. The highest BCUT2D eigenvalue weighted by molar-refractivity contribution is 5.81. The van der Waals surface area contributed by atoms with E-state index in [4.69, 9.17) is 4.74 Å². The van der Waals surface area contributed by atoms with Gasteiger partial charge in [0.2, 0.25) is 0 Å². The van der Waals surface area contributed by atoms with Gasteiger partial charge in [0, 0.05) is 6.04 Å². The second kappa shape index (κ2) is 7.17. The van der Waals surface area contributed by atoms with Crippen LogP contribution >= 0.6 is 0 Å². The summed E-state index contributed by atoms with van der Waals surface area (Å²) in [6.07, 6.45) is 1.16. The van der Waals surface area contributed by atoms with Crippen LogP contribution in [0.2, 0.25) is 0 Å². The molecule has 19 heavy (non-hydrogen) atoms. The second-order valence-electron chi connectivity index (χ2n) is 5.03. The van der Waals surface area contributed by atoms with Crippen LogP contribution in [0.1, 0.15) is 44.7 Å². The van der Waals surface area contributed by atoms with Crippen LogP contribution in [0, 0.1) is 13.8 Å². The molecule has 0 aromatic heterocycles. The number of benzene rings is 1. The fourth-order valence-electron chi connectivity index (χ4n) is 1.77. The Hall–Kier alpha value is -1.51. The average Bonchev–Trinajstić information content (AvgIpc) is 2.40. The van der Waals surface area contributed by atoms with E-state index in [1.165, 1.54) is 5.56 Å². The average molecular weight is 263 g/mol. The number of carbonyl (C=O) groups is 1. The molecule has 3 heteroatoms. The monoisotopic (exact) mass is 263 g/mol. The summed E-state index contributed by atoms with van der Waals surface area (Å²) < 4.78 is 5.87. The van der Waals surface area contributed by atoms with E-state index < -0.39 is 6.10 Å². The van der Waals surface area contributed by atoms with E-state index in [0.29, 0.717) is 6.42 Å². The Morgan fingerprint density at radius 1 is 1.26 bits per heavy atom. The number of amides is 1. The molecule has 2 atom stereocenters. The van der Waals surface area contributed by atoms with Crippen LogP contribution in [0.3, 0.4) is 0 Å². The largest absolute Gasteiger partial charge is 0.480 e. The van der Waals surface area contributed by atoms with Gasteiger partial charge in [-0.1, -0.05) is 26.0 Å². The standard InChI is InChI=1S/C16H25NO2/c1-6-12(4)17-16(18)14(7-2)19-15-10-8-9-11(3)13(15)5/h8-10,12,14H,6-7H2,1-5H3,(H,17,18). The Bertz CT molecular complexity index is 429. The fraction of sp³-hybridized carbons (Fsp3) is 0.562. The Morgan fingerprint density at radius 3 is 2.53 bits per heavy atom. The van der Waals surface area contributed by atoms with Crippen LogP contribution in [-0.4, -0.2) is 18.1 Å². The van der Waals surface area contributed by atoms with Crippen LogP contribution in [0.4, 0.5) is 0 Å².